The van der Waals surface area contributed by atoms with E-state index in [0.717, 1.165) is 41.2 Å². The number of rotatable bonds is 7. The quantitative estimate of drug-likeness (QED) is 0.388. The number of nitrogens with one attached hydrogen (secondary N) is 1. The fraction of sp³-hybridized carbons (Fsp3) is 0.320. The Morgan fingerprint density at radius 2 is 2.00 bits per heavy atom. The fourth-order valence-corrected chi connectivity index (χ4v) is 4.59. The molecule has 1 unspecified atom stereocenters. The number of halogens is 1. The van der Waals surface area contributed by atoms with E-state index >= 15 is 0 Å². The Kier molecular flexibility index (Phi) is 6.75. The van der Waals surface area contributed by atoms with E-state index in [1.807, 2.05) is 13.2 Å². The van der Waals surface area contributed by atoms with Crippen molar-refractivity contribution in [3.8, 4) is 11.4 Å². The molecule has 34 heavy (non-hydrogen) atoms. The van der Waals surface area contributed by atoms with Gasteiger partial charge in [0.15, 0.2) is 5.82 Å². The number of hydrogen-bond donors (Lipinski definition) is 1. The number of aryl methyl sites for hydroxylation is 2. The maximum atomic E-state index is 6.19. The van der Waals surface area contributed by atoms with Gasteiger partial charge in [-0.1, -0.05) is 58.4 Å². The summed E-state index contributed by atoms with van der Waals surface area (Å²) in [6.45, 7) is 6.10. The van der Waals surface area contributed by atoms with Crippen LogP contribution in [0.2, 0.25) is 0 Å². The molecule has 1 aliphatic rings. The van der Waals surface area contributed by atoms with Crippen LogP contribution in [0, 0.1) is 6.92 Å². The Labute approximate surface area is 207 Å². The maximum Gasteiger partial charge on any atom is 0.229 e. The highest BCUT2D eigenvalue weighted by Crippen LogP contribution is 2.28. The normalized spacial score (nSPS) is 16.6. The van der Waals surface area contributed by atoms with E-state index in [2.05, 4.69) is 101 Å². The van der Waals surface area contributed by atoms with Crippen LogP contribution in [0.3, 0.4) is 0 Å². The van der Waals surface area contributed by atoms with Crippen LogP contribution in [-0.2, 0) is 24.9 Å². The zero-order valence-electron chi connectivity index (χ0n) is 19.4. The third-order valence-corrected chi connectivity index (χ3v) is 6.85. The molecule has 8 nitrogen and oxygen atoms in total. The number of hydrogen-bond acceptors (Lipinski definition) is 6. The van der Waals surface area contributed by atoms with Crippen LogP contribution in [-0.4, -0.2) is 55.2 Å². The number of aromatic nitrogens is 5. The van der Waals surface area contributed by atoms with E-state index in [9.17, 15) is 0 Å². The van der Waals surface area contributed by atoms with Gasteiger partial charge in [0.2, 0.25) is 5.95 Å². The Morgan fingerprint density at radius 1 is 1.15 bits per heavy atom. The van der Waals surface area contributed by atoms with Gasteiger partial charge < -0.3 is 10.1 Å². The lowest BCUT2D eigenvalue weighted by molar-refractivity contribution is -0.0383. The smallest absolute Gasteiger partial charge is 0.229 e. The molecule has 5 rings (SSSR count). The Balaban J connectivity index is 1.41. The molecular weight excluding hydrogens is 494 g/mol. The Bertz CT molecular complexity index is 1250. The molecular formula is C25H28BrN7O. The number of anilines is 2. The minimum atomic E-state index is 0.0237. The molecule has 1 N–H and O–H groups in total. The summed E-state index contributed by atoms with van der Waals surface area (Å²) >= 11 is 3.65. The van der Waals surface area contributed by atoms with Gasteiger partial charge in [0, 0.05) is 42.9 Å². The molecule has 1 aliphatic heterocycles. The predicted octanol–water partition coefficient (Wildman–Crippen LogP) is 4.39. The number of nitrogens with zero attached hydrogens (tertiary/aromatic N) is 6. The van der Waals surface area contributed by atoms with E-state index in [-0.39, 0.29) is 6.10 Å². The molecule has 176 valence electrons. The van der Waals surface area contributed by atoms with Crippen LogP contribution >= 0.6 is 15.9 Å². The third kappa shape index (κ3) is 5.22. The van der Waals surface area contributed by atoms with Crippen LogP contribution in [0.4, 0.5) is 11.6 Å². The number of benzene rings is 2. The highest BCUT2D eigenvalue weighted by molar-refractivity contribution is 9.10. The second-order valence-electron chi connectivity index (χ2n) is 8.66. The lowest BCUT2D eigenvalue weighted by Crippen LogP contribution is -2.43. The average molecular weight is 522 g/mol. The lowest BCUT2D eigenvalue weighted by Gasteiger charge is -2.33. The molecule has 3 heterocycles. The first-order chi connectivity index (χ1) is 16.5. The van der Waals surface area contributed by atoms with Crippen molar-refractivity contribution in [2.75, 3.05) is 25.0 Å². The summed E-state index contributed by atoms with van der Waals surface area (Å²) in [7, 11) is 1.89. The summed E-state index contributed by atoms with van der Waals surface area (Å²) in [5.41, 5.74) is 4.36. The Hall–Kier alpha value is -3.01. The molecule has 0 spiro atoms. The third-order valence-electron chi connectivity index (χ3n) is 6.00. The molecule has 0 saturated carbocycles. The summed E-state index contributed by atoms with van der Waals surface area (Å²) in [6.07, 6.45) is 3.72. The second kappa shape index (κ2) is 10.1. The number of ether oxygens (including phenoxy) is 1. The molecule has 1 atom stereocenters. The van der Waals surface area contributed by atoms with Crippen molar-refractivity contribution in [2.45, 2.75) is 26.1 Å². The first-order valence-electron chi connectivity index (χ1n) is 11.4. The van der Waals surface area contributed by atoms with Gasteiger partial charge in [-0.15, -0.1) is 10.2 Å². The predicted molar refractivity (Wildman–Crippen MR) is 136 cm³/mol. The molecule has 0 bridgehead atoms. The van der Waals surface area contributed by atoms with E-state index in [1.165, 1.54) is 11.1 Å². The summed E-state index contributed by atoms with van der Waals surface area (Å²) in [6, 6.07) is 16.8. The molecule has 4 aromatic rings. The number of morpholine rings is 1. The molecule has 1 fully saturated rings. The van der Waals surface area contributed by atoms with Crippen molar-refractivity contribution < 1.29 is 4.74 Å². The van der Waals surface area contributed by atoms with Crippen molar-refractivity contribution in [1.29, 1.82) is 0 Å². The molecule has 0 radical (unpaired) electrons. The van der Waals surface area contributed by atoms with Crippen LogP contribution in [0.25, 0.3) is 11.4 Å². The van der Waals surface area contributed by atoms with Crippen molar-refractivity contribution in [1.82, 2.24) is 29.4 Å². The van der Waals surface area contributed by atoms with Gasteiger partial charge in [0.05, 0.1) is 31.1 Å². The topological polar surface area (TPSA) is 73.0 Å². The summed E-state index contributed by atoms with van der Waals surface area (Å²) in [5.74, 6) is 1.47. The summed E-state index contributed by atoms with van der Waals surface area (Å²) < 4.78 is 11.1. The first kappa shape index (κ1) is 22.8. The fourth-order valence-electron chi connectivity index (χ4n) is 4.21. The van der Waals surface area contributed by atoms with Crippen molar-refractivity contribution in [3.05, 3.63) is 76.5 Å². The monoisotopic (exact) mass is 521 g/mol. The largest absolute Gasteiger partial charge is 0.374 e. The average Bonchev–Trinajstić information content (AvgIpc) is 3.43. The second-order valence-corrected chi connectivity index (χ2v) is 9.52. The molecule has 0 amide bonds. The minimum Gasteiger partial charge on any atom is -0.374 e. The standard InChI is InChI=1S/C25H28BrN7O/c1-18-8-9-20(12-23(18)26)24-29-30-25(28-21-13-27-31(2)15-21)33(24)17-22-16-32(10-11-34-22)14-19-6-4-3-5-7-19/h3-9,12-13,15,22H,10-11,14,16-17H2,1-2H3,(H,28,30). The molecule has 1 saturated heterocycles. The maximum absolute atomic E-state index is 6.19. The van der Waals surface area contributed by atoms with Crippen LogP contribution < -0.4 is 5.32 Å². The molecule has 9 heteroatoms. The van der Waals surface area contributed by atoms with E-state index in [4.69, 9.17) is 4.74 Å². The minimum absolute atomic E-state index is 0.0237. The van der Waals surface area contributed by atoms with Gasteiger partial charge in [-0.25, -0.2) is 0 Å². The summed E-state index contributed by atoms with van der Waals surface area (Å²) in [4.78, 5) is 2.45. The van der Waals surface area contributed by atoms with Gasteiger partial charge in [0.25, 0.3) is 0 Å². The Morgan fingerprint density at radius 3 is 2.76 bits per heavy atom. The van der Waals surface area contributed by atoms with Crippen LogP contribution in [0.15, 0.2) is 65.4 Å². The van der Waals surface area contributed by atoms with Gasteiger partial charge in [0.1, 0.15) is 0 Å². The molecule has 2 aromatic carbocycles. The highest BCUT2D eigenvalue weighted by Gasteiger charge is 2.24. The molecule has 0 aliphatic carbocycles. The SMILES string of the molecule is Cc1ccc(-c2nnc(Nc3cnn(C)c3)n2CC2CN(Cc3ccccc3)CCO2)cc1Br. The van der Waals surface area contributed by atoms with Crippen molar-refractivity contribution in [2.24, 2.45) is 7.05 Å². The molecule has 2 aromatic heterocycles. The van der Waals surface area contributed by atoms with E-state index < -0.39 is 0 Å². The zero-order valence-corrected chi connectivity index (χ0v) is 20.9. The van der Waals surface area contributed by atoms with Gasteiger partial charge in [-0.2, -0.15) is 5.10 Å². The highest BCUT2D eigenvalue weighted by atomic mass is 79.9. The van der Waals surface area contributed by atoms with Crippen molar-refractivity contribution in [3.63, 3.8) is 0 Å². The lowest BCUT2D eigenvalue weighted by atomic mass is 10.1. The van der Waals surface area contributed by atoms with Gasteiger partial charge in [-0.05, 0) is 24.1 Å². The first-order valence-corrected chi connectivity index (χ1v) is 12.2. The summed E-state index contributed by atoms with van der Waals surface area (Å²) in [5, 5.41) is 16.7. The van der Waals surface area contributed by atoms with Gasteiger partial charge in [-0.3, -0.25) is 14.1 Å². The zero-order chi connectivity index (χ0) is 23.5. The van der Waals surface area contributed by atoms with Crippen LogP contribution in [0.5, 0.6) is 0 Å². The van der Waals surface area contributed by atoms with Crippen LogP contribution in [0.1, 0.15) is 11.1 Å². The van der Waals surface area contributed by atoms with E-state index in [0.29, 0.717) is 19.1 Å². The van der Waals surface area contributed by atoms with E-state index in [1.54, 1.807) is 10.9 Å². The van der Waals surface area contributed by atoms with Gasteiger partial charge >= 0.3 is 0 Å². The van der Waals surface area contributed by atoms with Crippen molar-refractivity contribution >= 4 is 27.6 Å².